The molecule has 2 aromatic carbocycles. The Morgan fingerprint density at radius 2 is 1.95 bits per heavy atom. The summed E-state index contributed by atoms with van der Waals surface area (Å²) in [5, 5.41) is 10.5. The molecule has 0 radical (unpaired) electrons. The number of benzene rings is 2. The lowest BCUT2D eigenvalue weighted by molar-refractivity contribution is -0.387. The predicted octanol–water partition coefficient (Wildman–Crippen LogP) is 2.62. The fraction of sp³-hybridized carbons (Fsp3) is 0.0769. The van der Waals surface area contributed by atoms with Crippen LogP contribution in [0.4, 0.5) is 15.8 Å². The Bertz CT molecular complexity index is 691. The van der Waals surface area contributed by atoms with Crippen LogP contribution in [0.1, 0.15) is 5.56 Å². The lowest BCUT2D eigenvalue weighted by atomic mass is 10.2. The zero-order valence-corrected chi connectivity index (χ0v) is 11.1. The van der Waals surface area contributed by atoms with E-state index in [0.717, 1.165) is 12.1 Å². The summed E-state index contributed by atoms with van der Waals surface area (Å²) in [5.74, 6) is -0.895. The third-order valence-electron chi connectivity index (χ3n) is 2.67. The van der Waals surface area contributed by atoms with Crippen LogP contribution in [0.2, 0.25) is 0 Å². The van der Waals surface area contributed by atoms with E-state index in [-0.39, 0.29) is 5.75 Å². The highest BCUT2D eigenvalue weighted by atomic mass is 32.2. The molecule has 0 aromatic heterocycles. The van der Waals surface area contributed by atoms with Gasteiger partial charge in [0, 0.05) is 11.8 Å². The minimum Gasteiger partial charge on any atom is -0.398 e. The van der Waals surface area contributed by atoms with Crippen molar-refractivity contribution in [2.24, 2.45) is 0 Å². The van der Waals surface area contributed by atoms with Gasteiger partial charge in [0.25, 0.3) is 0 Å². The average molecular weight is 294 g/mol. The first-order valence-electron chi connectivity index (χ1n) is 5.64. The second kappa shape index (κ2) is 5.79. The third-order valence-corrected chi connectivity index (χ3v) is 4.13. The van der Waals surface area contributed by atoms with Gasteiger partial charge in [-0.25, -0.2) is 0 Å². The Kier molecular flexibility index (Phi) is 4.09. The Labute approximate surface area is 116 Å². The minimum atomic E-state index is -1.43. The van der Waals surface area contributed by atoms with Crippen LogP contribution in [0.25, 0.3) is 0 Å². The lowest BCUT2D eigenvalue weighted by Gasteiger charge is -2.05. The fourth-order valence-electron chi connectivity index (χ4n) is 1.71. The van der Waals surface area contributed by atoms with Crippen molar-refractivity contribution in [1.82, 2.24) is 0 Å². The zero-order chi connectivity index (χ0) is 14.7. The SMILES string of the molecule is Nc1ccccc1S(=O)Cc1ccc([N+](=O)[O-])c(F)c1. The molecule has 5 nitrogen and oxygen atoms in total. The van der Waals surface area contributed by atoms with Crippen LogP contribution in [0.15, 0.2) is 47.4 Å². The third kappa shape index (κ3) is 3.00. The molecule has 2 N–H and O–H groups in total. The van der Waals surface area contributed by atoms with Crippen LogP contribution in [-0.4, -0.2) is 9.13 Å². The molecule has 1 atom stereocenters. The minimum absolute atomic E-state index is 0.0448. The molecule has 1 unspecified atom stereocenters. The second-order valence-corrected chi connectivity index (χ2v) is 5.49. The first-order chi connectivity index (χ1) is 9.49. The van der Waals surface area contributed by atoms with Gasteiger partial charge in [0.05, 0.1) is 26.4 Å². The maximum absolute atomic E-state index is 13.5. The highest BCUT2D eigenvalue weighted by Gasteiger charge is 2.15. The van der Waals surface area contributed by atoms with E-state index in [9.17, 15) is 18.7 Å². The van der Waals surface area contributed by atoms with Gasteiger partial charge in [-0.3, -0.25) is 14.3 Å². The van der Waals surface area contributed by atoms with Crippen LogP contribution in [0.3, 0.4) is 0 Å². The van der Waals surface area contributed by atoms with E-state index in [1.54, 1.807) is 24.3 Å². The summed E-state index contributed by atoms with van der Waals surface area (Å²) < 4.78 is 25.6. The molecule has 0 saturated heterocycles. The van der Waals surface area contributed by atoms with E-state index in [0.29, 0.717) is 16.1 Å². The molecular formula is C13H11FN2O3S. The van der Waals surface area contributed by atoms with Crippen molar-refractivity contribution in [1.29, 1.82) is 0 Å². The van der Waals surface area contributed by atoms with Crippen molar-refractivity contribution < 1.29 is 13.5 Å². The Morgan fingerprint density at radius 1 is 1.25 bits per heavy atom. The van der Waals surface area contributed by atoms with Crippen molar-refractivity contribution in [3.63, 3.8) is 0 Å². The first-order valence-corrected chi connectivity index (χ1v) is 6.96. The number of rotatable bonds is 4. The highest BCUT2D eigenvalue weighted by molar-refractivity contribution is 7.84. The maximum Gasteiger partial charge on any atom is 0.304 e. The smallest absolute Gasteiger partial charge is 0.304 e. The van der Waals surface area contributed by atoms with Gasteiger partial charge in [-0.2, -0.15) is 4.39 Å². The summed E-state index contributed by atoms with van der Waals surface area (Å²) in [6.45, 7) is 0. The fourth-order valence-corrected chi connectivity index (χ4v) is 2.90. The van der Waals surface area contributed by atoms with Gasteiger partial charge in [0.15, 0.2) is 0 Å². The normalized spacial score (nSPS) is 12.1. The average Bonchev–Trinajstić information content (AvgIpc) is 2.38. The van der Waals surface area contributed by atoms with Gasteiger partial charge >= 0.3 is 5.69 Å². The Balaban J connectivity index is 2.23. The van der Waals surface area contributed by atoms with E-state index >= 15 is 0 Å². The molecule has 0 bridgehead atoms. The van der Waals surface area contributed by atoms with Crippen molar-refractivity contribution >= 4 is 22.2 Å². The molecule has 20 heavy (non-hydrogen) atoms. The van der Waals surface area contributed by atoms with Crippen LogP contribution in [0, 0.1) is 15.9 Å². The number of nitrogens with two attached hydrogens (primary N) is 1. The zero-order valence-electron chi connectivity index (χ0n) is 10.3. The molecule has 2 aromatic rings. The van der Waals surface area contributed by atoms with Gasteiger partial charge in [-0.05, 0) is 23.8 Å². The molecule has 0 fully saturated rings. The summed E-state index contributed by atoms with van der Waals surface area (Å²) in [7, 11) is -1.43. The number of para-hydroxylation sites is 1. The number of nitrogen functional groups attached to an aromatic ring is 1. The molecule has 104 valence electrons. The van der Waals surface area contributed by atoms with Crippen LogP contribution < -0.4 is 5.73 Å². The quantitative estimate of drug-likeness (QED) is 0.533. The summed E-state index contributed by atoms with van der Waals surface area (Å²) >= 11 is 0. The van der Waals surface area contributed by atoms with Crippen molar-refractivity contribution in [3.8, 4) is 0 Å². The topological polar surface area (TPSA) is 86.2 Å². The second-order valence-electron chi connectivity index (χ2n) is 4.07. The molecule has 2 rings (SSSR count). The first kappa shape index (κ1) is 14.1. The van der Waals surface area contributed by atoms with Crippen molar-refractivity contribution in [2.75, 3.05) is 5.73 Å². The standard InChI is InChI=1S/C13H11FN2O3S/c14-10-7-9(5-6-12(10)16(17)18)8-20(19)13-4-2-1-3-11(13)15/h1-7H,8,15H2. The lowest BCUT2D eigenvalue weighted by Crippen LogP contribution is -2.01. The number of hydrogen-bond donors (Lipinski definition) is 1. The van der Waals surface area contributed by atoms with Gasteiger partial charge in [0.1, 0.15) is 0 Å². The van der Waals surface area contributed by atoms with Crippen molar-refractivity contribution in [2.45, 2.75) is 10.6 Å². The predicted molar refractivity (Wildman–Crippen MR) is 74.0 cm³/mol. The van der Waals surface area contributed by atoms with Crippen LogP contribution >= 0.6 is 0 Å². The molecule has 0 saturated carbocycles. The molecule has 0 amide bonds. The van der Waals surface area contributed by atoms with Crippen LogP contribution in [0.5, 0.6) is 0 Å². The number of nitro benzene ring substituents is 1. The largest absolute Gasteiger partial charge is 0.398 e. The van der Waals surface area contributed by atoms with Crippen LogP contribution in [-0.2, 0) is 16.6 Å². The van der Waals surface area contributed by atoms with Gasteiger partial charge in [-0.1, -0.05) is 18.2 Å². The summed E-state index contributed by atoms with van der Waals surface area (Å²) in [4.78, 5) is 10.2. The van der Waals surface area contributed by atoms with E-state index in [2.05, 4.69) is 0 Å². The number of nitro groups is 1. The van der Waals surface area contributed by atoms with Gasteiger partial charge in [0.2, 0.25) is 5.82 Å². The van der Waals surface area contributed by atoms with Gasteiger partial charge < -0.3 is 5.73 Å². The number of halogens is 1. The molecule has 0 heterocycles. The van der Waals surface area contributed by atoms with E-state index in [1.807, 2.05) is 0 Å². The molecular weight excluding hydrogens is 283 g/mol. The highest BCUT2D eigenvalue weighted by Crippen LogP contribution is 2.22. The maximum atomic E-state index is 13.5. The summed E-state index contributed by atoms with van der Waals surface area (Å²) in [5.41, 5.74) is 5.92. The molecule has 0 aliphatic carbocycles. The number of anilines is 1. The van der Waals surface area contributed by atoms with E-state index < -0.39 is 27.2 Å². The van der Waals surface area contributed by atoms with Gasteiger partial charge in [-0.15, -0.1) is 0 Å². The Hall–Kier alpha value is -2.28. The molecule has 0 aliphatic rings. The monoisotopic (exact) mass is 294 g/mol. The summed E-state index contributed by atoms with van der Waals surface area (Å²) in [6, 6.07) is 10.2. The molecule has 0 spiro atoms. The molecule has 0 aliphatic heterocycles. The van der Waals surface area contributed by atoms with Crippen molar-refractivity contribution in [3.05, 3.63) is 64.0 Å². The summed E-state index contributed by atoms with van der Waals surface area (Å²) in [6.07, 6.45) is 0. The Morgan fingerprint density at radius 3 is 2.55 bits per heavy atom. The van der Waals surface area contributed by atoms with E-state index in [4.69, 9.17) is 5.73 Å². The van der Waals surface area contributed by atoms with E-state index in [1.165, 1.54) is 6.07 Å². The number of nitrogens with zero attached hydrogens (tertiary/aromatic N) is 1. The molecule has 7 heteroatoms. The number of hydrogen-bond acceptors (Lipinski definition) is 4.